The Kier molecular flexibility index (Phi) is 14.8. The Labute approximate surface area is 233 Å². The van der Waals surface area contributed by atoms with Crippen molar-refractivity contribution in [3.8, 4) is 0 Å². The van der Waals surface area contributed by atoms with E-state index < -0.39 is 23.4 Å². The third-order valence-corrected chi connectivity index (χ3v) is 7.64. The maximum atomic E-state index is 11.6. The largest absolute Gasteiger partial charge is 0.393 e. The van der Waals surface area contributed by atoms with Crippen LogP contribution in [0.4, 0.5) is 0 Å². The van der Waals surface area contributed by atoms with Crippen molar-refractivity contribution < 1.29 is 24.9 Å². The molecule has 1 aromatic carbocycles. The number of aliphatic hydroxyl groups is 2. The number of hydrogen-bond acceptors (Lipinski definition) is 6. The summed E-state index contributed by atoms with van der Waals surface area (Å²) in [4.78, 5) is 26.9. The van der Waals surface area contributed by atoms with Gasteiger partial charge in [-0.1, -0.05) is 54.6 Å². The molecular formula is C31H47N2O6. The number of nitrogens with zero attached hydrogens (tertiary/aromatic N) is 1. The van der Waals surface area contributed by atoms with Gasteiger partial charge in [0.25, 0.3) is 5.09 Å². The number of nitrogens with one attached hydrogen (secondary N) is 1. The van der Waals surface area contributed by atoms with Gasteiger partial charge in [-0.15, -0.1) is 10.1 Å². The second kappa shape index (κ2) is 17.8. The van der Waals surface area contributed by atoms with Crippen LogP contribution in [0.25, 0.3) is 0 Å². The van der Waals surface area contributed by atoms with Crippen molar-refractivity contribution in [1.82, 2.24) is 5.32 Å². The van der Waals surface area contributed by atoms with E-state index in [9.17, 15) is 25.1 Å². The monoisotopic (exact) mass is 543 g/mol. The molecule has 0 aliphatic heterocycles. The van der Waals surface area contributed by atoms with E-state index in [1.54, 1.807) is 6.92 Å². The van der Waals surface area contributed by atoms with Gasteiger partial charge in [-0.25, -0.2) is 0 Å². The van der Waals surface area contributed by atoms with E-state index in [-0.39, 0.29) is 29.6 Å². The van der Waals surface area contributed by atoms with Crippen LogP contribution in [-0.2, 0) is 16.1 Å². The number of amides is 1. The smallest absolute Gasteiger partial charge is 0.294 e. The molecule has 1 aliphatic rings. The predicted molar refractivity (Wildman–Crippen MR) is 153 cm³/mol. The van der Waals surface area contributed by atoms with Crippen molar-refractivity contribution in [2.75, 3.05) is 6.54 Å². The molecule has 1 saturated carbocycles. The molecule has 7 atom stereocenters. The van der Waals surface area contributed by atoms with E-state index in [0.717, 1.165) is 25.7 Å². The van der Waals surface area contributed by atoms with Crippen LogP contribution in [0.2, 0.25) is 0 Å². The van der Waals surface area contributed by atoms with E-state index in [4.69, 9.17) is 0 Å². The molecule has 8 nitrogen and oxygen atoms in total. The Hall–Kier alpha value is -2.71. The number of allylic oxidation sites excluding steroid dienone is 3. The van der Waals surface area contributed by atoms with Crippen molar-refractivity contribution in [3.05, 3.63) is 77.2 Å². The Balaban J connectivity index is 2.01. The van der Waals surface area contributed by atoms with Crippen molar-refractivity contribution in [1.29, 1.82) is 0 Å². The first-order valence-electron chi connectivity index (χ1n) is 14.4. The molecule has 217 valence electrons. The van der Waals surface area contributed by atoms with Gasteiger partial charge >= 0.3 is 0 Å². The van der Waals surface area contributed by atoms with E-state index in [0.29, 0.717) is 38.6 Å². The maximum Gasteiger partial charge on any atom is 0.294 e. The van der Waals surface area contributed by atoms with Crippen molar-refractivity contribution >= 4 is 5.91 Å². The third kappa shape index (κ3) is 12.3. The van der Waals surface area contributed by atoms with E-state index >= 15 is 0 Å². The van der Waals surface area contributed by atoms with Crippen LogP contribution in [-0.4, -0.2) is 46.1 Å². The van der Waals surface area contributed by atoms with E-state index in [1.807, 2.05) is 25.1 Å². The van der Waals surface area contributed by atoms with Gasteiger partial charge in [0.1, 0.15) is 6.10 Å². The number of hydrogen-bond donors (Lipinski definition) is 3. The minimum absolute atomic E-state index is 0.0227. The summed E-state index contributed by atoms with van der Waals surface area (Å²) < 4.78 is 0. The molecule has 39 heavy (non-hydrogen) atoms. The molecule has 2 rings (SSSR count). The van der Waals surface area contributed by atoms with Crippen LogP contribution < -0.4 is 5.32 Å². The number of aryl methyl sites for hydroxylation is 1. The maximum absolute atomic E-state index is 11.6. The summed E-state index contributed by atoms with van der Waals surface area (Å²) in [6.45, 7) is 8.61. The summed E-state index contributed by atoms with van der Waals surface area (Å²) in [5.41, 5.74) is 1.24. The Bertz CT molecular complexity index is 906. The van der Waals surface area contributed by atoms with E-state index in [2.05, 4.69) is 53.5 Å². The summed E-state index contributed by atoms with van der Waals surface area (Å²) in [5.74, 6) is -0.0424. The van der Waals surface area contributed by atoms with Crippen molar-refractivity contribution in [2.24, 2.45) is 23.7 Å². The molecule has 1 amide bonds. The lowest BCUT2D eigenvalue weighted by Crippen LogP contribution is -2.22. The van der Waals surface area contributed by atoms with Crippen LogP contribution in [0.5, 0.6) is 0 Å². The molecule has 8 heteroatoms. The number of unbranched alkanes of at least 4 members (excludes halogenated alkanes) is 1. The highest BCUT2D eigenvalue weighted by Crippen LogP contribution is 2.37. The summed E-state index contributed by atoms with van der Waals surface area (Å²) in [6, 6.07) is 10.2. The molecule has 0 heterocycles. The lowest BCUT2D eigenvalue weighted by atomic mass is 9.82. The van der Waals surface area contributed by atoms with Crippen LogP contribution in [0.1, 0.15) is 70.8 Å². The third-order valence-electron chi connectivity index (χ3n) is 7.64. The average molecular weight is 544 g/mol. The van der Waals surface area contributed by atoms with Crippen LogP contribution in [0.3, 0.4) is 0 Å². The molecule has 1 unspecified atom stereocenters. The zero-order valence-electron chi connectivity index (χ0n) is 23.5. The highest BCUT2D eigenvalue weighted by molar-refractivity contribution is 5.75. The highest BCUT2D eigenvalue weighted by atomic mass is 17.0. The molecule has 0 saturated heterocycles. The summed E-state index contributed by atoms with van der Waals surface area (Å²) in [7, 11) is 0. The van der Waals surface area contributed by atoms with Gasteiger partial charge in [0, 0.05) is 25.3 Å². The molecule has 1 aromatic rings. The Morgan fingerprint density at radius 2 is 1.95 bits per heavy atom. The lowest BCUT2D eigenvalue weighted by Gasteiger charge is -2.24. The second-order valence-corrected chi connectivity index (χ2v) is 10.7. The van der Waals surface area contributed by atoms with Gasteiger partial charge in [0.15, 0.2) is 0 Å². The molecule has 1 aliphatic carbocycles. The van der Waals surface area contributed by atoms with Gasteiger partial charge < -0.3 is 20.4 Å². The minimum atomic E-state index is -0.750. The normalized spacial score (nSPS) is 23.6. The van der Waals surface area contributed by atoms with Crippen molar-refractivity contribution in [3.63, 3.8) is 0 Å². The zero-order valence-corrected chi connectivity index (χ0v) is 23.5. The van der Waals surface area contributed by atoms with Gasteiger partial charge in [-0.2, -0.15) is 0 Å². The van der Waals surface area contributed by atoms with Gasteiger partial charge in [-0.05, 0) is 89.0 Å². The lowest BCUT2D eigenvalue weighted by molar-refractivity contribution is -0.767. The second-order valence-electron chi connectivity index (χ2n) is 10.7. The number of aliphatic hydroxyl groups excluding tert-OH is 2. The fourth-order valence-corrected chi connectivity index (χ4v) is 5.34. The summed E-state index contributed by atoms with van der Waals surface area (Å²) >= 11 is 0. The van der Waals surface area contributed by atoms with Crippen molar-refractivity contribution in [2.45, 2.75) is 89.9 Å². The standard InChI is InChI=1S/C31H47N2O6/c1-4-32-31(36)15-11-6-5-10-14-27-28(30(35)22-29(27)34)21-20-26(19-18-25-12-8-7-9-13-25)23(2)16-17-24(3)39-33(37)38/h5,7-10,12-13,20-21,23-24,26-30,34-35H,2,4,6,11,14-19,22H2,1,3H3,(H,32,36)/b10-5-,21-20+/t23?,24-,26-,27-,28-,29+,30-/m1/s1. The van der Waals surface area contributed by atoms with E-state index in [1.165, 1.54) is 5.56 Å². The van der Waals surface area contributed by atoms with Crippen LogP contribution in [0, 0.1) is 40.7 Å². The predicted octanol–water partition coefficient (Wildman–Crippen LogP) is 5.23. The fraction of sp³-hybridized carbons (Fsp3) is 0.613. The summed E-state index contributed by atoms with van der Waals surface area (Å²) in [5, 5.41) is 34.1. The quantitative estimate of drug-likeness (QED) is 0.101. The fourth-order valence-electron chi connectivity index (χ4n) is 5.34. The SMILES string of the molecule is [CH2]C(CC[C@@H](C)O[N+](=O)[O-])[C@@H](/C=C/[C@@H]1[C@@H](C/C=C\CCCC(=O)NCC)[C@@H](O)C[C@H]1O)CCc1ccccc1. The van der Waals surface area contributed by atoms with Crippen LogP contribution in [0.15, 0.2) is 54.6 Å². The van der Waals surface area contributed by atoms with Gasteiger partial charge in [-0.3, -0.25) is 4.79 Å². The molecule has 0 bridgehead atoms. The Morgan fingerprint density at radius 1 is 1.21 bits per heavy atom. The number of carbonyl (C=O) groups excluding carboxylic acids is 1. The van der Waals surface area contributed by atoms with Gasteiger partial charge in [0.2, 0.25) is 5.91 Å². The topological polar surface area (TPSA) is 122 Å². The average Bonchev–Trinajstić information content (AvgIpc) is 3.16. The highest BCUT2D eigenvalue weighted by Gasteiger charge is 2.39. The number of benzene rings is 1. The van der Waals surface area contributed by atoms with Gasteiger partial charge in [0.05, 0.1) is 12.2 Å². The number of carbonyl (C=O) groups is 1. The first kappa shape index (κ1) is 32.5. The molecule has 0 spiro atoms. The first-order valence-corrected chi connectivity index (χ1v) is 14.4. The molecule has 1 radical (unpaired) electrons. The molecular weight excluding hydrogens is 496 g/mol. The molecule has 0 aromatic heterocycles. The molecule has 3 N–H and O–H groups in total. The first-order chi connectivity index (χ1) is 18.7. The van der Waals surface area contributed by atoms with Crippen LogP contribution >= 0.6 is 0 Å². The minimum Gasteiger partial charge on any atom is -0.393 e. The Morgan fingerprint density at radius 3 is 2.64 bits per heavy atom. The molecule has 1 fully saturated rings. The zero-order chi connectivity index (χ0) is 28.6. The number of rotatable bonds is 18. The summed E-state index contributed by atoms with van der Waals surface area (Å²) in [6.07, 6.45) is 12.7.